The Morgan fingerprint density at radius 2 is 2.00 bits per heavy atom. The fraction of sp³-hybridized carbons (Fsp3) is 0.812. The van der Waals surface area contributed by atoms with Gasteiger partial charge in [0, 0.05) is 11.6 Å². The molecule has 0 saturated heterocycles. The third-order valence-corrected chi connectivity index (χ3v) is 4.76. The molecule has 1 unspecified atom stereocenters. The van der Waals surface area contributed by atoms with Crippen LogP contribution in [-0.4, -0.2) is 20.9 Å². The maximum atomic E-state index is 11.7. The summed E-state index contributed by atoms with van der Waals surface area (Å²) in [7, 11) is 0. The van der Waals surface area contributed by atoms with Crippen LogP contribution >= 0.6 is 0 Å². The lowest BCUT2D eigenvalue weighted by Crippen LogP contribution is -2.36. The quantitative estimate of drug-likeness (QED) is 0.719. The molecule has 1 aromatic rings. The predicted octanol–water partition coefficient (Wildman–Crippen LogP) is 3.25. The standard InChI is InChI=1S/C16H30N4O/c1-5-9-14(6-2)20-12-13(18-19-20)10-11-16(7-3,8-4)15(17)21/h12,14H,5-11H2,1-4H3,(H2,17,21). The average molecular weight is 294 g/mol. The summed E-state index contributed by atoms with van der Waals surface area (Å²) in [4.78, 5) is 11.7. The van der Waals surface area contributed by atoms with Gasteiger partial charge in [0.25, 0.3) is 0 Å². The van der Waals surface area contributed by atoms with E-state index in [4.69, 9.17) is 5.73 Å². The van der Waals surface area contributed by atoms with E-state index in [2.05, 4.69) is 24.2 Å². The molecule has 1 amide bonds. The molecule has 0 bridgehead atoms. The number of hydrogen-bond acceptors (Lipinski definition) is 3. The number of nitrogens with zero attached hydrogens (tertiary/aromatic N) is 3. The van der Waals surface area contributed by atoms with Crippen molar-refractivity contribution in [1.29, 1.82) is 0 Å². The van der Waals surface area contributed by atoms with Crippen molar-refractivity contribution in [2.24, 2.45) is 11.1 Å². The second-order valence-corrected chi connectivity index (χ2v) is 5.89. The summed E-state index contributed by atoms with van der Waals surface area (Å²) in [6.45, 7) is 8.41. The zero-order valence-corrected chi connectivity index (χ0v) is 13.9. The predicted molar refractivity (Wildman–Crippen MR) is 84.8 cm³/mol. The molecule has 1 rings (SSSR count). The van der Waals surface area contributed by atoms with Gasteiger partial charge in [0.05, 0.1) is 11.7 Å². The normalized spacial score (nSPS) is 13.3. The maximum Gasteiger partial charge on any atom is 0.223 e. The zero-order valence-electron chi connectivity index (χ0n) is 13.9. The van der Waals surface area contributed by atoms with E-state index < -0.39 is 5.41 Å². The smallest absolute Gasteiger partial charge is 0.223 e. The van der Waals surface area contributed by atoms with Gasteiger partial charge < -0.3 is 5.73 Å². The van der Waals surface area contributed by atoms with E-state index in [1.54, 1.807) is 0 Å². The summed E-state index contributed by atoms with van der Waals surface area (Å²) in [5.41, 5.74) is 6.14. The molecule has 0 aliphatic rings. The molecule has 2 N–H and O–H groups in total. The molecule has 1 atom stereocenters. The Hall–Kier alpha value is -1.39. The van der Waals surface area contributed by atoms with Crippen LogP contribution in [-0.2, 0) is 11.2 Å². The van der Waals surface area contributed by atoms with E-state index in [0.717, 1.165) is 50.6 Å². The fourth-order valence-corrected chi connectivity index (χ4v) is 2.91. The molecule has 1 heterocycles. The van der Waals surface area contributed by atoms with Crippen molar-refractivity contribution in [1.82, 2.24) is 15.0 Å². The van der Waals surface area contributed by atoms with Crippen LogP contribution in [0.2, 0.25) is 0 Å². The first-order chi connectivity index (χ1) is 10.0. The fourth-order valence-electron chi connectivity index (χ4n) is 2.91. The van der Waals surface area contributed by atoms with Gasteiger partial charge in [-0.3, -0.25) is 4.79 Å². The van der Waals surface area contributed by atoms with Crippen LogP contribution < -0.4 is 5.73 Å². The first kappa shape index (κ1) is 17.7. The summed E-state index contributed by atoms with van der Waals surface area (Å²) in [6, 6.07) is 0.425. The van der Waals surface area contributed by atoms with Crippen molar-refractivity contribution < 1.29 is 4.79 Å². The van der Waals surface area contributed by atoms with Crippen LogP contribution in [0.4, 0.5) is 0 Å². The van der Waals surface area contributed by atoms with Gasteiger partial charge in [0.2, 0.25) is 5.91 Å². The van der Waals surface area contributed by atoms with Gasteiger partial charge in [0.1, 0.15) is 0 Å². The largest absolute Gasteiger partial charge is 0.369 e. The first-order valence-corrected chi connectivity index (χ1v) is 8.23. The van der Waals surface area contributed by atoms with Gasteiger partial charge in [-0.1, -0.05) is 39.3 Å². The molecule has 1 aromatic heterocycles. The SMILES string of the molecule is CCCC(CC)n1cc(CCC(CC)(CC)C(N)=O)nn1. The highest BCUT2D eigenvalue weighted by Crippen LogP contribution is 2.31. The second kappa shape index (κ2) is 8.15. The van der Waals surface area contributed by atoms with E-state index in [0.29, 0.717) is 6.04 Å². The molecule has 5 nitrogen and oxygen atoms in total. The lowest BCUT2D eigenvalue weighted by Gasteiger charge is -2.27. The molecule has 0 aromatic carbocycles. The van der Waals surface area contributed by atoms with Crippen molar-refractivity contribution in [3.63, 3.8) is 0 Å². The van der Waals surface area contributed by atoms with E-state index in [1.165, 1.54) is 0 Å². The molecule has 120 valence electrons. The Morgan fingerprint density at radius 1 is 1.33 bits per heavy atom. The number of nitrogens with two attached hydrogens (primary N) is 1. The summed E-state index contributed by atoms with van der Waals surface area (Å²) >= 11 is 0. The molecular weight excluding hydrogens is 264 g/mol. The highest BCUT2D eigenvalue weighted by atomic mass is 16.1. The Kier molecular flexibility index (Phi) is 6.85. The average Bonchev–Trinajstić information content (AvgIpc) is 2.94. The Morgan fingerprint density at radius 3 is 2.48 bits per heavy atom. The van der Waals surface area contributed by atoms with Gasteiger partial charge in [0.15, 0.2) is 0 Å². The third-order valence-electron chi connectivity index (χ3n) is 4.76. The van der Waals surface area contributed by atoms with E-state index in [-0.39, 0.29) is 5.91 Å². The van der Waals surface area contributed by atoms with Crippen LogP contribution in [0.25, 0.3) is 0 Å². The summed E-state index contributed by atoms with van der Waals surface area (Å²) in [5.74, 6) is -0.197. The summed E-state index contributed by atoms with van der Waals surface area (Å²) in [5, 5.41) is 8.51. The van der Waals surface area contributed by atoms with Crippen molar-refractivity contribution in [3.05, 3.63) is 11.9 Å². The minimum absolute atomic E-state index is 0.197. The summed E-state index contributed by atoms with van der Waals surface area (Å²) in [6.07, 6.45) is 8.41. The van der Waals surface area contributed by atoms with Crippen LogP contribution in [0.3, 0.4) is 0 Å². The first-order valence-electron chi connectivity index (χ1n) is 8.23. The lowest BCUT2D eigenvalue weighted by atomic mass is 9.77. The minimum Gasteiger partial charge on any atom is -0.369 e. The van der Waals surface area contributed by atoms with Crippen LogP contribution in [0.1, 0.15) is 78.0 Å². The number of carbonyl (C=O) groups is 1. The minimum atomic E-state index is -0.405. The zero-order chi connectivity index (χ0) is 15.9. The van der Waals surface area contributed by atoms with Crippen molar-refractivity contribution in [3.8, 4) is 0 Å². The number of aryl methyl sites for hydroxylation is 1. The second-order valence-electron chi connectivity index (χ2n) is 5.89. The van der Waals surface area contributed by atoms with Crippen LogP contribution in [0.15, 0.2) is 6.20 Å². The van der Waals surface area contributed by atoms with Gasteiger partial charge in [-0.15, -0.1) is 5.10 Å². The molecule has 0 fully saturated rings. The highest BCUT2D eigenvalue weighted by Gasteiger charge is 2.32. The number of primary amides is 1. The molecule has 5 heteroatoms. The molecule has 0 aliphatic heterocycles. The van der Waals surface area contributed by atoms with Gasteiger partial charge in [-0.2, -0.15) is 0 Å². The van der Waals surface area contributed by atoms with Crippen molar-refractivity contribution in [2.45, 2.75) is 78.7 Å². The molecule has 21 heavy (non-hydrogen) atoms. The molecule has 0 spiro atoms. The van der Waals surface area contributed by atoms with Gasteiger partial charge >= 0.3 is 0 Å². The maximum absolute atomic E-state index is 11.7. The topological polar surface area (TPSA) is 73.8 Å². The van der Waals surface area contributed by atoms with Crippen molar-refractivity contribution in [2.75, 3.05) is 0 Å². The lowest BCUT2D eigenvalue weighted by molar-refractivity contribution is -0.128. The van der Waals surface area contributed by atoms with Crippen LogP contribution in [0, 0.1) is 5.41 Å². The molecule has 0 aliphatic carbocycles. The highest BCUT2D eigenvalue weighted by molar-refractivity contribution is 5.80. The number of amides is 1. The number of rotatable bonds is 10. The van der Waals surface area contributed by atoms with E-state index in [9.17, 15) is 4.79 Å². The number of hydrogen-bond donors (Lipinski definition) is 1. The van der Waals surface area contributed by atoms with Gasteiger partial charge in [-0.05, 0) is 38.5 Å². The Balaban J connectivity index is 2.72. The van der Waals surface area contributed by atoms with E-state index in [1.807, 2.05) is 24.7 Å². The number of aromatic nitrogens is 3. The molecular formula is C16H30N4O. The van der Waals surface area contributed by atoms with Crippen molar-refractivity contribution >= 4 is 5.91 Å². The van der Waals surface area contributed by atoms with Crippen LogP contribution in [0.5, 0.6) is 0 Å². The Labute approximate surface area is 128 Å². The molecule has 0 saturated carbocycles. The number of carbonyl (C=O) groups excluding carboxylic acids is 1. The summed E-state index contributed by atoms with van der Waals surface area (Å²) < 4.78 is 1.97. The van der Waals surface area contributed by atoms with Gasteiger partial charge in [-0.25, -0.2) is 4.68 Å². The molecule has 0 radical (unpaired) electrons. The Bertz CT molecular complexity index is 437. The van der Waals surface area contributed by atoms with E-state index >= 15 is 0 Å². The third kappa shape index (κ3) is 4.29. The monoisotopic (exact) mass is 294 g/mol.